The van der Waals surface area contributed by atoms with Crippen molar-refractivity contribution in [3.05, 3.63) is 76.7 Å². The van der Waals surface area contributed by atoms with Gasteiger partial charge in [0, 0.05) is 11.1 Å². The Kier molecular flexibility index (Phi) is 3.72. The highest BCUT2D eigenvalue weighted by molar-refractivity contribution is 7.71. The molecule has 0 unspecified atom stereocenters. The maximum atomic E-state index is 5.96. The molecule has 0 aliphatic carbocycles. The summed E-state index contributed by atoms with van der Waals surface area (Å²) in [6, 6.07) is 20.4. The summed E-state index contributed by atoms with van der Waals surface area (Å²) in [6.45, 7) is 3.94. The average molecular weight is 292 g/mol. The van der Waals surface area contributed by atoms with E-state index in [1.54, 1.807) is 0 Å². The Morgan fingerprint density at radius 1 is 0.667 bits per heavy atom. The molecule has 0 saturated carbocycles. The van der Waals surface area contributed by atoms with Crippen molar-refractivity contribution in [3.8, 4) is 22.3 Å². The lowest BCUT2D eigenvalue weighted by Gasteiger charge is -2.12. The van der Waals surface area contributed by atoms with Crippen molar-refractivity contribution < 1.29 is 4.42 Å². The van der Waals surface area contributed by atoms with E-state index < -0.39 is 0 Å². The van der Waals surface area contributed by atoms with Gasteiger partial charge < -0.3 is 4.42 Å². The van der Waals surface area contributed by atoms with Gasteiger partial charge in [-0.25, -0.2) is 0 Å². The summed E-state index contributed by atoms with van der Waals surface area (Å²) < 4.78 is 6.82. The van der Waals surface area contributed by atoms with Crippen LogP contribution in [0.1, 0.15) is 11.5 Å². The van der Waals surface area contributed by atoms with Crippen LogP contribution in [0.25, 0.3) is 22.3 Å². The third-order valence-corrected chi connectivity index (χ3v) is 4.00. The zero-order valence-electron chi connectivity index (χ0n) is 12.1. The van der Waals surface area contributed by atoms with Gasteiger partial charge in [0.1, 0.15) is 11.5 Å². The van der Waals surface area contributed by atoms with Crippen LogP contribution in [-0.2, 0) is 0 Å². The Morgan fingerprint density at radius 2 is 1.05 bits per heavy atom. The third kappa shape index (κ3) is 2.55. The van der Waals surface area contributed by atoms with Crippen molar-refractivity contribution in [1.29, 1.82) is 0 Å². The van der Waals surface area contributed by atoms with E-state index in [2.05, 4.69) is 24.3 Å². The second-order valence-electron chi connectivity index (χ2n) is 5.03. The summed E-state index contributed by atoms with van der Waals surface area (Å²) in [7, 11) is 0. The van der Waals surface area contributed by atoms with Gasteiger partial charge >= 0.3 is 0 Å². The van der Waals surface area contributed by atoms with Gasteiger partial charge in [-0.2, -0.15) is 0 Å². The lowest BCUT2D eigenvalue weighted by Crippen LogP contribution is -1.92. The number of rotatable bonds is 2. The number of hydrogen-bond acceptors (Lipinski definition) is 2. The molecule has 1 aromatic heterocycles. The molecule has 0 aliphatic heterocycles. The standard InChI is InChI=1S/C19H16OS/c1-13-17(15-9-5-3-6-10-15)19(21)18(14(2)20-13)16-11-7-4-8-12-16/h3-12H,1-2H3. The van der Waals surface area contributed by atoms with Gasteiger partial charge in [0.2, 0.25) is 0 Å². The zero-order chi connectivity index (χ0) is 14.8. The fourth-order valence-corrected chi connectivity index (χ4v) is 3.18. The first-order chi connectivity index (χ1) is 10.2. The summed E-state index contributed by atoms with van der Waals surface area (Å²) >= 11 is 5.77. The van der Waals surface area contributed by atoms with Crippen LogP contribution in [0.2, 0.25) is 0 Å². The van der Waals surface area contributed by atoms with E-state index >= 15 is 0 Å². The van der Waals surface area contributed by atoms with E-state index in [0.717, 1.165) is 38.3 Å². The second-order valence-corrected chi connectivity index (χ2v) is 5.43. The molecule has 0 atom stereocenters. The summed E-state index contributed by atoms with van der Waals surface area (Å²) in [5, 5.41) is 0. The molecule has 0 fully saturated rings. The highest BCUT2D eigenvalue weighted by atomic mass is 32.1. The number of hydrogen-bond donors (Lipinski definition) is 0. The predicted molar refractivity (Wildman–Crippen MR) is 89.9 cm³/mol. The lowest BCUT2D eigenvalue weighted by molar-refractivity contribution is 0.490. The number of aryl methyl sites for hydroxylation is 2. The van der Waals surface area contributed by atoms with Crippen molar-refractivity contribution in [2.24, 2.45) is 0 Å². The minimum Gasteiger partial charge on any atom is -0.465 e. The quantitative estimate of drug-likeness (QED) is 0.541. The Balaban J connectivity index is 2.32. The van der Waals surface area contributed by atoms with Gasteiger partial charge in [0.25, 0.3) is 0 Å². The molecule has 0 saturated heterocycles. The van der Waals surface area contributed by atoms with E-state index in [9.17, 15) is 0 Å². The molecule has 0 N–H and O–H groups in total. The normalized spacial score (nSPS) is 10.6. The molecule has 2 heteroatoms. The lowest BCUT2D eigenvalue weighted by atomic mass is 9.98. The molecule has 0 aliphatic rings. The van der Waals surface area contributed by atoms with Crippen LogP contribution in [0, 0.1) is 18.4 Å². The van der Waals surface area contributed by atoms with E-state index in [0.29, 0.717) is 0 Å². The molecule has 1 nitrogen and oxygen atoms in total. The van der Waals surface area contributed by atoms with Crippen molar-refractivity contribution in [2.75, 3.05) is 0 Å². The summed E-state index contributed by atoms with van der Waals surface area (Å²) in [5.74, 6) is 1.73. The second kappa shape index (κ2) is 5.66. The zero-order valence-corrected chi connectivity index (χ0v) is 12.9. The highest BCUT2D eigenvalue weighted by Crippen LogP contribution is 2.34. The van der Waals surface area contributed by atoms with Crippen LogP contribution < -0.4 is 0 Å². The molecule has 3 rings (SSSR count). The molecule has 1 heterocycles. The molecule has 3 aromatic rings. The van der Waals surface area contributed by atoms with E-state index in [1.807, 2.05) is 50.2 Å². The summed E-state index contributed by atoms with van der Waals surface area (Å²) in [4.78, 5) is 0. The topological polar surface area (TPSA) is 13.1 Å². The highest BCUT2D eigenvalue weighted by Gasteiger charge is 2.14. The van der Waals surface area contributed by atoms with Gasteiger partial charge in [-0.05, 0) is 25.0 Å². The molecule has 0 bridgehead atoms. The van der Waals surface area contributed by atoms with Gasteiger partial charge in [-0.1, -0.05) is 72.9 Å². The van der Waals surface area contributed by atoms with Crippen molar-refractivity contribution >= 4 is 12.2 Å². The minimum atomic E-state index is 0.855. The average Bonchev–Trinajstić information content (AvgIpc) is 2.49. The fourth-order valence-electron chi connectivity index (χ4n) is 2.65. The maximum Gasteiger partial charge on any atom is 0.110 e. The summed E-state index contributed by atoms with van der Waals surface area (Å²) in [6.07, 6.45) is 0. The van der Waals surface area contributed by atoms with Gasteiger partial charge in [0.05, 0.1) is 4.51 Å². The molecular formula is C19H16OS. The molecule has 0 spiro atoms. The molecule has 0 amide bonds. The molecule has 104 valence electrons. The number of benzene rings is 2. The summed E-state index contributed by atoms with van der Waals surface area (Å²) in [5.41, 5.74) is 4.21. The molecule has 2 aromatic carbocycles. The van der Waals surface area contributed by atoms with Gasteiger partial charge in [-0.15, -0.1) is 0 Å². The van der Waals surface area contributed by atoms with E-state index in [4.69, 9.17) is 16.6 Å². The van der Waals surface area contributed by atoms with Crippen LogP contribution in [0.15, 0.2) is 65.1 Å². The monoisotopic (exact) mass is 292 g/mol. The van der Waals surface area contributed by atoms with Crippen LogP contribution >= 0.6 is 12.2 Å². The van der Waals surface area contributed by atoms with Gasteiger partial charge in [0.15, 0.2) is 0 Å². The van der Waals surface area contributed by atoms with Crippen molar-refractivity contribution in [1.82, 2.24) is 0 Å². The van der Waals surface area contributed by atoms with Crippen LogP contribution in [-0.4, -0.2) is 0 Å². The van der Waals surface area contributed by atoms with Crippen LogP contribution in [0.4, 0.5) is 0 Å². The predicted octanol–water partition coefficient (Wildman–Crippen LogP) is 5.96. The first kappa shape index (κ1) is 13.8. The fraction of sp³-hybridized carbons (Fsp3) is 0.105. The van der Waals surface area contributed by atoms with Crippen LogP contribution in [0.3, 0.4) is 0 Å². The molecule has 21 heavy (non-hydrogen) atoms. The Morgan fingerprint density at radius 3 is 1.43 bits per heavy atom. The third-order valence-electron chi connectivity index (χ3n) is 3.59. The van der Waals surface area contributed by atoms with E-state index in [-0.39, 0.29) is 0 Å². The first-order valence-corrected chi connectivity index (χ1v) is 7.34. The molecular weight excluding hydrogens is 276 g/mol. The largest absolute Gasteiger partial charge is 0.465 e. The van der Waals surface area contributed by atoms with E-state index in [1.165, 1.54) is 0 Å². The molecule has 0 radical (unpaired) electrons. The van der Waals surface area contributed by atoms with Gasteiger partial charge in [-0.3, -0.25) is 0 Å². The Labute approximate surface area is 129 Å². The Bertz CT molecular complexity index is 751. The smallest absolute Gasteiger partial charge is 0.110 e. The van der Waals surface area contributed by atoms with Crippen LogP contribution in [0.5, 0.6) is 0 Å². The minimum absolute atomic E-state index is 0.855. The SMILES string of the molecule is Cc1oc(C)c(-c2ccccc2)c(=S)c1-c1ccccc1. The van der Waals surface area contributed by atoms with Crippen molar-refractivity contribution in [2.45, 2.75) is 13.8 Å². The Hall–Kier alpha value is -2.19. The van der Waals surface area contributed by atoms with Crippen molar-refractivity contribution in [3.63, 3.8) is 0 Å². The maximum absolute atomic E-state index is 5.96. The first-order valence-electron chi connectivity index (χ1n) is 6.93.